The van der Waals surface area contributed by atoms with Crippen molar-refractivity contribution in [2.45, 2.75) is 71.1 Å². The number of aliphatic carboxylic acids is 1. The van der Waals surface area contributed by atoms with Crippen LogP contribution in [0.15, 0.2) is 0 Å². The topological polar surface area (TPSA) is 66.4 Å². The van der Waals surface area contributed by atoms with Crippen molar-refractivity contribution in [3.05, 3.63) is 0 Å². The second-order valence-corrected chi connectivity index (χ2v) is 4.75. The first kappa shape index (κ1) is 16.9. The SMILES string of the molecule is CCCCCCCCCCCC(=O)NCC(=O)O. The number of carboxylic acid groups (broad SMARTS) is 1. The second kappa shape index (κ2) is 12.4. The van der Waals surface area contributed by atoms with Crippen LogP contribution in [0.1, 0.15) is 71.1 Å². The summed E-state index contributed by atoms with van der Waals surface area (Å²) in [5.41, 5.74) is 0. The largest absolute Gasteiger partial charge is 0.480 e. The molecule has 0 fully saturated rings. The minimum atomic E-state index is -0.990. The maximum atomic E-state index is 11.2. The Hall–Kier alpha value is -1.06. The molecular formula is C14H27NO3. The molecule has 0 radical (unpaired) electrons. The summed E-state index contributed by atoms with van der Waals surface area (Å²) in [4.78, 5) is 21.4. The van der Waals surface area contributed by atoms with Gasteiger partial charge in [0.15, 0.2) is 0 Å². The number of amides is 1. The predicted molar refractivity (Wildman–Crippen MR) is 72.5 cm³/mol. The Balaban J connectivity index is 3.15. The first-order chi connectivity index (χ1) is 8.66. The summed E-state index contributed by atoms with van der Waals surface area (Å²) in [5.74, 6) is -1.14. The molecule has 0 heterocycles. The summed E-state index contributed by atoms with van der Waals surface area (Å²) < 4.78 is 0. The van der Waals surface area contributed by atoms with Crippen LogP contribution in [0.5, 0.6) is 0 Å². The molecule has 0 spiro atoms. The molecular weight excluding hydrogens is 230 g/mol. The molecule has 0 aromatic rings. The van der Waals surface area contributed by atoms with Crippen molar-refractivity contribution in [2.75, 3.05) is 6.54 Å². The fourth-order valence-corrected chi connectivity index (χ4v) is 1.86. The van der Waals surface area contributed by atoms with E-state index in [0.717, 1.165) is 12.8 Å². The lowest BCUT2D eigenvalue weighted by Crippen LogP contribution is -2.28. The average molecular weight is 257 g/mol. The average Bonchev–Trinajstić information content (AvgIpc) is 2.34. The predicted octanol–water partition coefficient (Wildman–Crippen LogP) is 3.11. The Kier molecular flexibility index (Phi) is 11.7. The van der Waals surface area contributed by atoms with Crippen molar-refractivity contribution >= 4 is 11.9 Å². The molecule has 0 unspecified atom stereocenters. The third kappa shape index (κ3) is 13.0. The van der Waals surface area contributed by atoms with Gasteiger partial charge in [0.1, 0.15) is 6.54 Å². The van der Waals surface area contributed by atoms with Gasteiger partial charge >= 0.3 is 5.97 Å². The number of hydrogen-bond donors (Lipinski definition) is 2. The lowest BCUT2D eigenvalue weighted by molar-refractivity contribution is -0.137. The highest BCUT2D eigenvalue weighted by Gasteiger charge is 2.02. The zero-order chi connectivity index (χ0) is 13.6. The van der Waals surface area contributed by atoms with Gasteiger partial charge in [-0.1, -0.05) is 58.3 Å². The van der Waals surface area contributed by atoms with Crippen molar-refractivity contribution in [1.82, 2.24) is 5.32 Å². The van der Waals surface area contributed by atoms with Gasteiger partial charge in [0.2, 0.25) is 5.91 Å². The van der Waals surface area contributed by atoms with E-state index in [0.29, 0.717) is 6.42 Å². The molecule has 18 heavy (non-hydrogen) atoms. The van der Waals surface area contributed by atoms with Gasteiger partial charge in [-0.3, -0.25) is 9.59 Å². The zero-order valence-corrected chi connectivity index (χ0v) is 11.5. The summed E-state index contributed by atoms with van der Waals surface area (Å²) in [5, 5.41) is 10.7. The van der Waals surface area contributed by atoms with E-state index in [1.165, 1.54) is 44.9 Å². The Labute approximate surface area is 110 Å². The number of nitrogens with one attached hydrogen (secondary N) is 1. The van der Waals surface area contributed by atoms with E-state index in [2.05, 4.69) is 12.2 Å². The quantitative estimate of drug-likeness (QED) is 0.528. The Morgan fingerprint density at radius 1 is 0.889 bits per heavy atom. The normalized spacial score (nSPS) is 10.3. The Morgan fingerprint density at radius 2 is 1.39 bits per heavy atom. The van der Waals surface area contributed by atoms with Gasteiger partial charge < -0.3 is 10.4 Å². The lowest BCUT2D eigenvalue weighted by atomic mass is 10.1. The number of carbonyl (C=O) groups excluding carboxylic acids is 1. The van der Waals surface area contributed by atoms with Crippen molar-refractivity contribution in [3.63, 3.8) is 0 Å². The van der Waals surface area contributed by atoms with E-state index in [-0.39, 0.29) is 12.5 Å². The number of unbranched alkanes of at least 4 members (excludes halogenated alkanes) is 8. The standard InChI is InChI=1S/C14H27NO3/c1-2-3-4-5-6-7-8-9-10-11-13(16)15-12-14(17)18/h2-12H2,1H3,(H,15,16)(H,17,18). The molecule has 0 rings (SSSR count). The van der Waals surface area contributed by atoms with Crippen LogP contribution >= 0.6 is 0 Å². The fraction of sp³-hybridized carbons (Fsp3) is 0.857. The summed E-state index contributed by atoms with van der Waals surface area (Å²) in [6.45, 7) is 1.95. The molecule has 0 bridgehead atoms. The fourth-order valence-electron chi connectivity index (χ4n) is 1.86. The first-order valence-electron chi connectivity index (χ1n) is 7.15. The van der Waals surface area contributed by atoms with Crippen molar-refractivity contribution < 1.29 is 14.7 Å². The van der Waals surface area contributed by atoms with E-state index >= 15 is 0 Å². The monoisotopic (exact) mass is 257 g/mol. The molecule has 4 heteroatoms. The van der Waals surface area contributed by atoms with Gasteiger partial charge in [-0.2, -0.15) is 0 Å². The minimum absolute atomic E-state index is 0.152. The molecule has 0 aliphatic rings. The molecule has 106 valence electrons. The molecule has 1 amide bonds. The molecule has 2 N–H and O–H groups in total. The summed E-state index contributed by atoms with van der Waals surface area (Å²) in [6.07, 6.45) is 11.4. The van der Waals surface area contributed by atoms with Gasteiger partial charge in [0.05, 0.1) is 0 Å². The van der Waals surface area contributed by atoms with Crippen LogP contribution in [0.25, 0.3) is 0 Å². The van der Waals surface area contributed by atoms with E-state index < -0.39 is 5.97 Å². The maximum absolute atomic E-state index is 11.2. The van der Waals surface area contributed by atoms with Gasteiger partial charge in [0.25, 0.3) is 0 Å². The number of carbonyl (C=O) groups is 2. The molecule has 0 saturated heterocycles. The maximum Gasteiger partial charge on any atom is 0.322 e. The highest BCUT2D eigenvalue weighted by molar-refractivity contribution is 5.80. The van der Waals surface area contributed by atoms with Gasteiger partial charge in [-0.05, 0) is 6.42 Å². The Morgan fingerprint density at radius 3 is 1.89 bits per heavy atom. The lowest BCUT2D eigenvalue weighted by Gasteiger charge is -2.03. The van der Waals surface area contributed by atoms with Gasteiger partial charge in [-0.25, -0.2) is 0 Å². The van der Waals surface area contributed by atoms with Gasteiger partial charge in [-0.15, -0.1) is 0 Å². The third-order valence-electron chi connectivity index (χ3n) is 2.94. The van der Waals surface area contributed by atoms with Crippen molar-refractivity contribution in [3.8, 4) is 0 Å². The van der Waals surface area contributed by atoms with Crippen LogP contribution in [-0.4, -0.2) is 23.5 Å². The van der Waals surface area contributed by atoms with Crippen LogP contribution in [0, 0.1) is 0 Å². The van der Waals surface area contributed by atoms with E-state index in [1.54, 1.807) is 0 Å². The minimum Gasteiger partial charge on any atom is -0.480 e. The van der Waals surface area contributed by atoms with Crippen LogP contribution in [0.4, 0.5) is 0 Å². The summed E-state index contributed by atoms with van der Waals surface area (Å²) in [6, 6.07) is 0. The van der Waals surface area contributed by atoms with E-state index in [9.17, 15) is 9.59 Å². The third-order valence-corrected chi connectivity index (χ3v) is 2.94. The number of carboxylic acids is 1. The molecule has 0 aromatic heterocycles. The van der Waals surface area contributed by atoms with Crippen LogP contribution in [0.3, 0.4) is 0 Å². The smallest absolute Gasteiger partial charge is 0.322 e. The van der Waals surface area contributed by atoms with Gasteiger partial charge in [0, 0.05) is 6.42 Å². The molecule has 0 saturated carbocycles. The van der Waals surface area contributed by atoms with Crippen LogP contribution in [0.2, 0.25) is 0 Å². The highest BCUT2D eigenvalue weighted by atomic mass is 16.4. The zero-order valence-electron chi connectivity index (χ0n) is 11.5. The number of hydrogen-bond acceptors (Lipinski definition) is 2. The highest BCUT2D eigenvalue weighted by Crippen LogP contribution is 2.10. The van der Waals surface area contributed by atoms with E-state index in [4.69, 9.17) is 5.11 Å². The van der Waals surface area contributed by atoms with Crippen molar-refractivity contribution in [1.29, 1.82) is 0 Å². The summed E-state index contributed by atoms with van der Waals surface area (Å²) in [7, 11) is 0. The Bertz CT molecular complexity index is 229. The molecule has 0 aromatic carbocycles. The molecule has 0 aliphatic carbocycles. The molecule has 0 aliphatic heterocycles. The number of rotatable bonds is 12. The van der Waals surface area contributed by atoms with Crippen molar-refractivity contribution in [2.24, 2.45) is 0 Å². The summed E-state index contributed by atoms with van der Waals surface area (Å²) >= 11 is 0. The second-order valence-electron chi connectivity index (χ2n) is 4.75. The van der Waals surface area contributed by atoms with E-state index in [1.807, 2.05) is 0 Å². The van der Waals surface area contributed by atoms with Crippen LogP contribution in [-0.2, 0) is 9.59 Å². The molecule has 0 atom stereocenters. The first-order valence-corrected chi connectivity index (χ1v) is 7.15. The molecule has 4 nitrogen and oxygen atoms in total. The van der Waals surface area contributed by atoms with Crippen LogP contribution < -0.4 is 5.32 Å².